The van der Waals surface area contributed by atoms with E-state index in [-0.39, 0.29) is 6.04 Å². The average Bonchev–Trinajstić information content (AvgIpc) is 2.71. The Hall–Kier alpha value is -0.870. The van der Waals surface area contributed by atoms with Crippen molar-refractivity contribution in [3.05, 3.63) is 45.9 Å². The summed E-state index contributed by atoms with van der Waals surface area (Å²) in [6.45, 7) is 2.13. The van der Waals surface area contributed by atoms with Gasteiger partial charge in [0.15, 0.2) is 5.13 Å². The zero-order chi connectivity index (χ0) is 10.7. The first-order valence-corrected chi connectivity index (χ1v) is 6.34. The molecule has 2 nitrogen and oxygen atoms in total. The van der Waals surface area contributed by atoms with Gasteiger partial charge in [-0.3, -0.25) is 0 Å². The molecule has 0 aliphatic rings. The quantitative estimate of drug-likeness (QED) is 0.918. The predicted octanol–water partition coefficient (Wildman–Crippen LogP) is 4.08. The SMILES string of the molecule is CC(Nc1nccs1)c1ccc(Br)cc1. The highest BCUT2D eigenvalue weighted by molar-refractivity contribution is 9.10. The van der Waals surface area contributed by atoms with Crippen LogP contribution < -0.4 is 5.32 Å². The van der Waals surface area contributed by atoms with E-state index in [4.69, 9.17) is 0 Å². The predicted molar refractivity (Wildman–Crippen MR) is 68.3 cm³/mol. The number of hydrogen-bond acceptors (Lipinski definition) is 3. The van der Waals surface area contributed by atoms with Crippen molar-refractivity contribution in [1.29, 1.82) is 0 Å². The van der Waals surface area contributed by atoms with Crippen molar-refractivity contribution in [2.45, 2.75) is 13.0 Å². The van der Waals surface area contributed by atoms with Gasteiger partial charge in [0, 0.05) is 16.0 Å². The maximum atomic E-state index is 4.20. The highest BCUT2D eigenvalue weighted by Gasteiger charge is 2.05. The minimum absolute atomic E-state index is 0.282. The summed E-state index contributed by atoms with van der Waals surface area (Å²) < 4.78 is 1.10. The smallest absolute Gasteiger partial charge is 0.183 e. The van der Waals surface area contributed by atoms with Crippen LogP contribution in [0.4, 0.5) is 5.13 Å². The fraction of sp³-hybridized carbons (Fsp3) is 0.182. The molecular formula is C11H11BrN2S. The van der Waals surface area contributed by atoms with E-state index >= 15 is 0 Å². The third kappa shape index (κ3) is 2.79. The second-order valence-electron chi connectivity index (χ2n) is 3.25. The number of halogens is 1. The monoisotopic (exact) mass is 282 g/mol. The Morgan fingerprint density at radius 3 is 2.67 bits per heavy atom. The van der Waals surface area contributed by atoms with Crippen LogP contribution in [0, 0.1) is 0 Å². The fourth-order valence-electron chi connectivity index (χ4n) is 1.31. The maximum absolute atomic E-state index is 4.20. The summed E-state index contributed by atoms with van der Waals surface area (Å²) in [6, 6.07) is 8.60. The molecular weight excluding hydrogens is 272 g/mol. The van der Waals surface area contributed by atoms with Gasteiger partial charge < -0.3 is 5.32 Å². The van der Waals surface area contributed by atoms with Crippen LogP contribution in [0.2, 0.25) is 0 Å². The lowest BCUT2D eigenvalue weighted by Crippen LogP contribution is -2.05. The van der Waals surface area contributed by atoms with Gasteiger partial charge in [-0.25, -0.2) is 4.98 Å². The molecule has 0 radical (unpaired) electrons. The van der Waals surface area contributed by atoms with Crippen molar-refractivity contribution in [1.82, 2.24) is 4.98 Å². The molecule has 78 valence electrons. The van der Waals surface area contributed by atoms with Crippen molar-refractivity contribution in [2.24, 2.45) is 0 Å². The standard InChI is InChI=1S/C11H11BrN2S/c1-8(14-11-13-6-7-15-11)9-2-4-10(12)5-3-9/h2-8H,1H3,(H,13,14). The van der Waals surface area contributed by atoms with Crippen molar-refractivity contribution in [3.8, 4) is 0 Å². The van der Waals surface area contributed by atoms with Gasteiger partial charge in [0.05, 0.1) is 6.04 Å². The van der Waals surface area contributed by atoms with Gasteiger partial charge in [-0.2, -0.15) is 0 Å². The number of aromatic nitrogens is 1. The third-order valence-corrected chi connectivity index (χ3v) is 3.38. The Morgan fingerprint density at radius 2 is 2.07 bits per heavy atom. The lowest BCUT2D eigenvalue weighted by Gasteiger charge is -2.13. The number of anilines is 1. The molecule has 1 aromatic heterocycles. The van der Waals surface area contributed by atoms with E-state index < -0.39 is 0 Å². The lowest BCUT2D eigenvalue weighted by molar-refractivity contribution is 0.881. The Morgan fingerprint density at radius 1 is 1.33 bits per heavy atom. The number of thiazole rings is 1. The largest absolute Gasteiger partial charge is 0.355 e. The van der Waals surface area contributed by atoms with Gasteiger partial charge in [0.2, 0.25) is 0 Å². The summed E-state index contributed by atoms with van der Waals surface area (Å²) in [5, 5.41) is 6.28. The number of nitrogens with zero attached hydrogens (tertiary/aromatic N) is 1. The zero-order valence-electron chi connectivity index (χ0n) is 8.27. The fourth-order valence-corrected chi connectivity index (χ4v) is 2.20. The minimum atomic E-state index is 0.282. The first kappa shape index (κ1) is 10.6. The van der Waals surface area contributed by atoms with Crippen LogP contribution in [0.25, 0.3) is 0 Å². The second kappa shape index (κ2) is 4.77. The van der Waals surface area contributed by atoms with Gasteiger partial charge in [-0.15, -0.1) is 11.3 Å². The van der Waals surface area contributed by atoms with Crippen molar-refractivity contribution in [2.75, 3.05) is 5.32 Å². The molecule has 1 atom stereocenters. The van der Waals surface area contributed by atoms with E-state index in [2.05, 4.69) is 57.4 Å². The molecule has 0 fully saturated rings. The molecule has 0 spiro atoms. The molecule has 1 aromatic carbocycles. The van der Waals surface area contributed by atoms with Crippen LogP contribution >= 0.6 is 27.3 Å². The molecule has 2 rings (SSSR count). The normalized spacial score (nSPS) is 12.4. The summed E-state index contributed by atoms with van der Waals surface area (Å²) >= 11 is 5.04. The molecule has 4 heteroatoms. The number of rotatable bonds is 3. The Balaban J connectivity index is 2.08. The first-order chi connectivity index (χ1) is 7.25. The Kier molecular flexibility index (Phi) is 3.38. The molecule has 0 saturated carbocycles. The summed E-state index contributed by atoms with van der Waals surface area (Å²) in [5.41, 5.74) is 1.26. The molecule has 1 N–H and O–H groups in total. The Labute approximate surface area is 101 Å². The van der Waals surface area contributed by atoms with Crippen LogP contribution in [-0.4, -0.2) is 4.98 Å². The molecule has 0 aliphatic carbocycles. The highest BCUT2D eigenvalue weighted by Crippen LogP contribution is 2.21. The summed E-state index contributed by atoms with van der Waals surface area (Å²) in [4.78, 5) is 4.20. The number of nitrogens with one attached hydrogen (secondary N) is 1. The van der Waals surface area contributed by atoms with E-state index in [1.54, 1.807) is 17.5 Å². The highest BCUT2D eigenvalue weighted by atomic mass is 79.9. The molecule has 1 unspecified atom stereocenters. The van der Waals surface area contributed by atoms with E-state index in [0.717, 1.165) is 9.60 Å². The minimum Gasteiger partial charge on any atom is -0.355 e. The zero-order valence-corrected chi connectivity index (χ0v) is 10.7. The van der Waals surface area contributed by atoms with E-state index in [1.807, 2.05) is 5.38 Å². The molecule has 15 heavy (non-hydrogen) atoms. The van der Waals surface area contributed by atoms with Gasteiger partial charge in [-0.1, -0.05) is 28.1 Å². The molecule has 0 amide bonds. The maximum Gasteiger partial charge on any atom is 0.183 e. The van der Waals surface area contributed by atoms with E-state index in [1.165, 1.54) is 5.56 Å². The second-order valence-corrected chi connectivity index (χ2v) is 5.07. The summed E-state index contributed by atoms with van der Waals surface area (Å²) in [6.07, 6.45) is 1.81. The van der Waals surface area contributed by atoms with E-state index in [0.29, 0.717) is 0 Å². The van der Waals surface area contributed by atoms with Crippen molar-refractivity contribution >= 4 is 32.4 Å². The van der Waals surface area contributed by atoms with Crippen LogP contribution in [0.15, 0.2) is 40.3 Å². The third-order valence-electron chi connectivity index (χ3n) is 2.14. The van der Waals surface area contributed by atoms with Gasteiger partial charge in [0.1, 0.15) is 0 Å². The molecule has 0 saturated heterocycles. The van der Waals surface area contributed by atoms with Crippen molar-refractivity contribution in [3.63, 3.8) is 0 Å². The number of hydrogen-bond donors (Lipinski definition) is 1. The van der Waals surface area contributed by atoms with Crippen molar-refractivity contribution < 1.29 is 0 Å². The van der Waals surface area contributed by atoms with Gasteiger partial charge in [0.25, 0.3) is 0 Å². The van der Waals surface area contributed by atoms with Crippen LogP contribution in [-0.2, 0) is 0 Å². The van der Waals surface area contributed by atoms with Crippen LogP contribution in [0.1, 0.15) is 18.5 Å². The first-order valence-electron chi connectivity index (χ1n) is 4.67. The molecule has 1 heterocycles. The molecule has 0 aliphatic heterocycles. The average molecular weight is 283 g/mol. The molecule has 0 bridgehead atoms. The number of benzene rings is 1. The van der Waals surface area contributed by atoms with Crippen LogP contribution in [0.5, 0.6) is 0 Å². The van der Waals surface area contributed by atoms with Crippen LogP contribution in [0.3, 0.4) is 0 Å². The topological polar surface area (TPSA) is 24.9 Å². The van der Waals surface area contributed by atoms with Gasteiger partial charge >= 0.3 is 0 Å². The lowest BCUT2D eigenvalue weighted by atomic mass is 10.1. The van der Waals surface area contributed by atoms with Gasteiger partial charge in [-0.05, 0) is 24.6 Å². The summed E-state index contributed by atoms with van der Waals surface area (Å²) in [5.74, 6) is 0. The Bertz CT molecular complexity index is 411. The van der Waals surface area contributed by atoms with E-state index in [9.17, 15) is 0 Å². The molecule has 2 aromatic rings. The summed E-state index contributed by atoms with van der Waals surface area (Å²) in [7, 11) is 0.